The summed E-state index contributed by atoms with van der Waals surface area (Å²) >= 11 is 0. The molecule has 20 heavy (non-hydrogen) atoms. The minimum Gasteiger partial charge on any atom is -0.334 e. The largest absolute Gasteiger partial charge is 0.334 e. The van der Waals surface area contributed by atoms with Crippen LogP contribution in [-0.2, 0) is 12.8 Å². The molecule has 5 heteroatoms. The Labute approximate surface area is 120 Å². The zero-order valence-corrected chi connectivity index (χ0v) is 12.5. The molecule has 0 saturated heterocycles. The predicted molar refractivity (Wildman–Crippen MR) is 79.6 cm³/mol. The molecule has 1 atom stereocenters. The number of rotatable bonds is 5. The van der Waals surface area contributed by atoms with Crippen molar-refractivity contribution in [2.45, 2.75) is 39.7 Å². The molecule has 0 saturated carbocycles. The van der Waals surface area contributed by atoms with Crippen molar-refractivity contribution in [1.82, 2.24) is 20.2 Å². The number of hydrogen-bond acceptors (Lipinski definition) is 5. The van der Waals surface area contributed by atoms with Crippen molar-refractivity contribution < 1.29 is 0 Å². The Morgan fingerprint density at radius 1 is 1.10 bits per heavy atom. The Morgan fingerprint density at radius 3 is 2.45 bits per heavy atom. The zero-order valence-electron chi connectivity index (χ0n) is 12.5. The molecule has 106 valence electrons. The lowest BCUT2D eigenvalue weighted by Gasteiger charge is -2.24. The quantitative estimate of drug-likeness (QED) is 0.836. The average Bonchev–Trinajstić information content (AvgIpc) is 2.53. The fourth-order valence-electron chi connectivity index (χ4n) is 2.07. The van der Waals surface area contributed by atoms with Gasteiger partial charge in [0.2, 0.25) is 5.95 Å². The first-order valence-corrected chi connectivity index (χ1v) is 7.03. The maximum absolute atomic E-state index is 4.63. The third-order valence-electron chi connectivity index (χ3n) is 3.51. The lowest BCUT2D eigenvalue weighted by Crippen LogP contribution is -2.25. The van der Waals surface area contributed by atoms with Gasteiger partial charge in [0.15, 0.2) is 0 Å². The van der Waals surface area contributed by atoms with E-state index in [1.54, 1.807) is 6.20 Å². The topological polar surface area (TPSA) is 54.8 Å². The second kappa shape index (κ2) is 6.41. The monoisotopic (exact) mass is 271 g/mol. The van der Waals surface area contributed by atoms with Gasteiger partial charge in [-0.1, -0.05) is 19.9 Å². The van der Waals surface area contributed by atoms with E-state index in [0.717, 1.165) is 29.9 Å². The average molecular weight is 271 g/mol. The minimum absolute atomic E-state index is 0.107. The third kappa shape index (κ3) is 2.92. The van der Waals surface area contributed by atoms with E-state index in [-0.39, 0.29) is 6.04 Å². The molecule has 2 aromatic heterocycles. The molecule has 0 aliphatic carbocycles. The van der Waals surface area contributed by atoms with Crippen LogP contribution in [0.5, 0.6) is 0 Å². The van der Waals surface area contributed by atoms with Gasteiger partial charge in [-0.25, -0.2) is 4.98 Å². The van der Waals surface area contributed by atoms with Gasteiger partial charge in [0.25, 0.3) is 0 Å². The Balaban J connectivity index is 2.27. The fourth-order valence-corrected chi connectivity index (χ4v) is 2.07. The lowest BCUT2D eigenvalue weighted by atomic mass is 10.2. The predicted octanol–water partition coefficient (Wildman–Crippen LogP) is 2.59. The summed E-state index contributed by atoms with van der Waals surface area (Å²) in [7, 11) is 1.97. The summed E-state index contributed by atoms with van der Waals surface area (Å²) in [6.45, 7) is 6.25. The summed E-state index contributed by atoms with van der Waals surface area (Å²) in [5.74, 6) is 0.650. The van der Waals surface area contributed by atoms with Crippen molar-refractivity contribution in [3.63, 3.8) is 0 Å². The van der Waals surface area contributed by atoms with E-state index in [1.807, 2.05) is 30.1 Å². The Kier molecular flexibility index (Phi) is 4.61. The summed E-state index contributed by atoms with van der Waals surface area (Å²) in [5.41, 5.74) is 3.00. The summed E-state index contributed by atoms with van der Waals surface area (Å²) in [6, 6.07) is 6.02. The van der Waals surface area contributed by atoms with Gasteiger partial charge < -0.3 is 4.90 Å². The smallest absolute Gasteiger partial charge is 0.245 e. The van der Waals surface area contributed by atoms with Crippen LogP contribution in [0.15, 0.2) is 24.4 Å². The van der Waals surface area contributed by atoms with Gasteiger partial charge in [0, 0.05) is 13.2 Å². The third-order valence-corrected chi connectivity index (χ3v) is 3.51. The second-order valence-electron chi connectivity index (χ2n) is 4.75. The molecule has 2 aromatic rings. The number of nitrogens with zero attached hydrogens (tertiary/aromatic N) is 5. The van der Waals surface area contributed by atoms with Crippen molar-refractivity contribution in [2.24, 2.45) is 0 Å². The molecule has 0 bridgehead atoms. The highest BCUT2D eigenvalue weighted by atomic mass is 15.3. The highest BCUT2D eigenvalue weighted by Crippen LogP contribution is 2.20. The Morgan fingerprint density at radius 2 is 1.85 bits per heavy atom. The molecule has 0 aliphatic rings. The molecule has 0 aliphatic heterocycles. The summed E-state index contributed by atoms with van der Waals surface area (Å²) < 4.78 is 0. The summed E-state index contributed by atoms with van der Waals surface area (Å²) in [4.78, 5) is 11.0. The Bertz CT molecular complexity index is 555. The van der Waals surface area contributed by atoms with Crippen LogP contribution >= 0.6 is 0 Å². The summed E-state index contributed by atoms with van der Waals surface area (Å²) in [6.07, 6.45) is 3.54. The Hall–Kier alpha value is -2.04. The van der Waals surface area contributed by atoms with E-state index < -0.39 is 0 Å². The van der Waals surface area contributed by atoms with E-state index in [0.29, 0.717) is 5.95 Å². The van der Waals surface area contributed by atoms with Crippen molar-refractivity contribution in [2.75, 3.05) is 11.9 Å². The van der Waals surface area contributed by atoms with Crippen LogP contribution in [0.4, 0.5) is 5.95 Å². The molecule has 1 unspecified atom stereocenters. The van der Waals surface area contributed by atoms with Gasteiger partial charge in [-0.05, 0) is 31.9 Å². The van der Waals surface area contributed by atoms with Gasteiger partial charge >= 0.3 is 0 Å². The van der Waals surface area contributed by atoms with Crippen LogP contribution in [0.1, 0.15) is 43.9 Å². The summed E-state index contributed by atoms with van der Waals surface area (Å²) in [5, 5.41) is 8.53. The molecule has 0 aromatic carbocycles. The number of anilines is 1. The fraction of sp³-hybridized carbons (Fsp3) is 0.467. The standard InChI is InChI=1S/C15H21N5/c1-5-12-13(6-2)18-19-15(17-12)20(4)11(3)14-9-7-8-10-16-14/h7-11H,5-6H2,1-4H3. The molecule has 5 nitrogen and oxygen atoms in total. The van der Waals surface area contributed by atoms with Crippen LogP contribution in [0.2, 0.25) is 0 Å². The molecule has 2 rings (SSSR count). The number of aryl methyl sites for hydroxylation is 2. The SMILES string of the molecule is CCc1nnc(N(C)C(C)c2ccccn2)nc1CC. The molecule has 0 amide bonds. The van der Waals surface area contributed by atoms with E-state index >= 15 is 0 Å². The first-order chi connectivity index (χ1) is 9.67. The van der Waals surface area contributed by atoms with Crippen LogP contribution in [0, 0.1) is 0 Å². The molecule has 0 spiro atoms. The van der Waals surface area contributed by atoms with Gasteiger partial charge in [0.05, 0.1) is 23.1 Å². The van der Waals surface area contributed by atoms with Crippen molar-refractivity contribution in [3.05, 3.63) is 41.5 Å². The molecule has 0 radical (unpaired) electrons. The molecular formula is C15H21N5. The van der Waals surface area contributed by atoms with E-state index in [9.17, 15) is 0 Å². The van der Waals surface area contributed by atoms with E-state index in [1.165, 1.54) is 0 Å². The second-order valence-corrected chi connectivity index (χ2v) is 4.75. The van der Waals surface area contributed by atoms with Gasteiger partial charge in [-0.15, -0.1) is 5.10 Å². The molecule has 2 heterocycles. The molecule has 0 fully saturated rings. The van der Waals surface area contributed by atoms with Crippen LogP contribution < -0.4 is 4.90 Å². The highest BCUT2D eigenvalue weighted by Gasteiger charge is 2.17. The van der Waals surface area contributed by atoms with Gasteiger partial charge in [-0.3, -0.25) is 4.98 Å². The van der Waals surface area contributed by atoms with E-state index in [2.05, 4.69) is 40.9 Å². The lowest BCUT2D eigenvalue weighted by molar-refractivity contribution is 0.673. The number of hydrogen-bond donors (Lipinski definition) is 0. The number of pyridine rings is 1. The zero-order chi connectivity index (χ0) is 14.5. The minimum atomic E-state index is 0.107. The molecule has 0 N–H and O–H groups in total. The molecular weight excluding hydrogens is 250 g/mol. The highest BCUT2D eigenvalue weighted by molar-refractivity contribution is 5.33. The maximum atomic E-state index is 4.63. The van der Waals surface area contributed by atoms with Crippen LogP contribution in [-0.4, -0.2) is 27.2 Å². The van der Waals surface area contributed by atoms with Gasteiger partial charge in [-0.2, -0.15) is 5.10 Å². The number of aromatic nitrogens is 4. The van der Waals surface area contributed by atoms with E-state index in [4.69, 9.17) is 0 Å². The van der Waals surface area contributed by atoms with Gasteiger partial charge in [0.1, 0.15) is 0 Å². The van der Waals surface area contributed by atoms with Crippen molar-refractivity contribution in [3.8, 4) is 0 Å². The normalized spacial score (nSPS) is 12.2. The van der Waals surface area contributed by atoms with Crippen LogP contribution in [0.3, 0.4) is 0 Å². The van der Waals surface area contributed by atoms with Crippen molar-refractivity contribution >= 4 is 5.95 Å². The maximum Gasteiger partial charge on any atom is 0.245 e. The van der Waals surface area contributed by atoms with Crippen molar-refractivity contribution in [1.29, 1.82) is 0 Å². The first-order valence-electron chi connectivity index (χ1n) is 7.03. The van der Waals surface area contributed by atoms with Crippen LogP contribution in [0.25, 0.3) is 0 Å². The first kappa shape index (κ1) is 14.4.